The third-order valence-corrected chi connectivity index (χ3v) is 4.36. The lowest BCUT2D eigenvalue weighted by molar-refractivity contribution is -0.144. The van der Waals surface area contributed by atoms with Crippen LogP contribution in [0.25, 0.3) is 0 Å². The van der Waals surface area contributed by atoms with Crippen LogP contribution in [0.5, 0.6) is 11.5 Å². The normalized spacial score (nSPS) is 20.1. The highest BCUT2D eigenvalue weighted by Crippen LogP contribution is 2.30. The van der Waals surface area contributed by atoms with E-state index in [1.807, 2.05) is 12.1 Å². The van der Waals surface area contributed by atoms with Gasteiger partial charge in [0.25, 0.3) is 0 Å². The minimum Gasteiger partial charge on any atom is -0.493 e. The van der Waals surface area contributed by atoms with Crippen molar-refractivity contribution in [2.75, 3.05) is 26.8 Å². The van der Waals surface area contributed by atoms with Crippen molar-refractivity contribution < 1.29 is 19.4 Å². The zero-order chi connectivity index (χ0) is 16.1. The lowest BCUT2D eigenvalue weighted by atomic mass is 9.92. The molecule has 1 N–H and O–H groups in total. The molecule has 0 aliphatic carbocycles. The fourth-order valence-corrected chi connectivity index (χ4v) is 2.94. The molecule has 2 rings (SSSR count). The first-order valence-electron chi connectivity index (χ1n) is 7.75. The number of carbonyl (C=O) groups is 1. The molecule has 1 aromatic rings. The summed E-state index contributed by atoms with van der Waals surface area (Å²) in [6.07, 6.45) is 0.907. The number of carboxylic acid groups (broad SMARTS) is 1. The maximum atomic E-state index is 11.6. The fourth-order valence-electron chi connectivity index (χ4n) is 2.94. The third-order valence-electron chi connectivity index (χ3n) is 4.36. The Bertz CT molecular complexity index is 503. The molecule has 1 aliphatic rings. The summed E-state index contributed by atoms with van der Waals surface area (Å²) >= 11 is 0. The topological polar surface area (TPSA) is 59.0 Å². The summed E-state index contributed by atoms with van der Waals surface area (Å²) in [5.74, 6) is 0.0746. The first-order chi connectivity index (χ1) is 10.5. The van der Waals surface area contributed by atoms with Gasteiger partial charge in [-0.05, 0) is 44.9 Å². The van der Waals surface area contributed by atoms with Crippen molar-refractivity contribution in [1.82, 2.24) is 4.90 Å². The maximum Gasteiger partial charge on any atom is 0.310 e. The van der Waals surface area contributed by atoms with E-state index in [1.165, 1.54) is 0 Å². The number of benzene rings is 1. The van der Waals surface area contributed by atoms with Gasteiger partial charge in [0, 0.05) is 12.6 Å². The van der Waals surface area contributed by atoms with Gasteiger partial charge in [0.15, 0.2) is 11.5 Å². The molecule has 1 aliphatic heterocycles. The zero-order valence-corrected chi connectivity index (χ0v) is 13.5. The van der Waals surface area contributed by atoms with Gasteiger partial charge in [0.2, 0.25) is 0 Å². The molecule has 2 unspecified atom stereocenters. The molecule has 1 heterocycles. The number of nitrogens with zero attached hydrogens (tertiary/aromatic N) is 1. The summed E-state index contributed by atoms with van der Waals surface area (Å²) in [5, 5.41) is 9.53. The maximum absolute atomic E-state index is 11.6. The molecular weight excluding hydrogens is 282 g/mol. The van der Waals surface area contributed by atoms with E-state index in [4.69, 9.17) is 9.47 Å². The molecule has 2 atom stereocenters. The minimum absolute atomic E-state index is 0.134. The van der Waals surface area contributed by atoms with Crippen LogP contribution in [0.1, 0.15) is 20.3 Å². The van der Waals surface area contributed by atoms with Crippen LogP contribution in [0.4, 0.5) is 0 Å². The van der Waals surface area contributed by atoms with Crippen molar-refractivity contribution in [3.63, 3.8) is 0 Å². The summed E-state index contributed by atoms with van der Waals surface area (Å²) < 4.78 is 11.0. The van der Waals surface area contributed by atoms with Gasteiger partial charge in [-0.1, -0.05) is 12.1 Å². The van der Waals surface area contributed by atoms with Gasteiger partial charge in [-0.3, -0.25) is 4.79 Å². The van der Waals surface area contributed by atoms with Crippen molar-refractivity contribution in [3.8, 4) is 11.5 Å². The lowest BCUT2D eigenvalue weighted by Gasteiger charge is -2.23. The lowest BCUT2D eigenvalue weighted by Crippen LogP contribution is -2.33. The SMILES string of the molecule is COc1ccccc1OCC(C(=O)O)C1CCN(C(C)C)C1. The first kappa shape index (κ1) is 16.6. The molecule has 1 saturated heterocycles. The van der Waals surface area contributed by atoms with Gasteiger partial charge in [-0.15, -0.1) is 0 Å². The Hall–Kier alpha value is -1.75. The number of para-hydroxylation sites is 2. The number of hydrogen-bond donors (Lipinski definition) is 1. The summed E-state index contributed by atoms with van der Waals surface area (Å²) in [4.78, 5) is 13.9. The Balaban J connectivity index is 2.00. The molecular formula is C17H25NO4. The molecule has 0 aromatic heterocycles. The minimum atomic E-state index is -0.787. The van der Waals surface area contributed by atoms with E-state index in [9.17, 15) is 9.90 Å². The number of ether oxygens (including phenoxy) is 2. The number of aliphatic carboxylic acids is 1. The molecule has 0 amide bonds. The Kier molecular flexibility index (Phi) is 5.66. The van der Waals surface area contributed by atoms with Crippen LogP contribution >= 0.6 is 0 Å². The zero-order valence-electron chi connectivity index (χ0n) is 13.5. The third kappa shape index (κ3) is 3.91. The monoisotopic (exact) mass is 307 g/mol. The molecule has 22 heavy (non-hydrogen) atoms. The van der Waals surface area contributed by atoms with E-state index in [0.29, 0.717) is 17.5 Å². The molecule has 0 saturated carbocycles. The second-order valence-electron chi connectivity index (χ2n) is 6.04. The molecule has 5 heteroatoms. The van der Waals surface area contributed by atoms with Crippen LogP contribution in [-0.4, -0.2) is 48.8 Å². The van der Waals surface area contributed by atoms with Gasteiger partial charge in [-0.25, -0.2) is 0 Å². The van der Waals surface area contributed by atoms with E-state index in [-0.39, 0.29) is 12.5 Å². The molecule has 1 fully saturated rings. The Morgan fingerprint density at radius 2 is 2.05 bits per heavy atom. The highest BCUT2D eigenvalue weighted by Gasteiger charge is 2.35. The predicted molar refractivity (Wildman–Crippen MR) is 84.4 cm³/mol. The van der Waals surface area contributed by atoms with Crippen LogP contribution in [0.15, 0.2) is 24.3 Å². The molecule has 0 radical (unpaired) electrons. The first-order valence-corrected chi connectivity index (χ1v) is 7.75. The summed E-state index contributed by atoms with van der Waals surface area (Å²) in [5.41, 5.74) is 0. The van der Waals surface area contributed by atoms with E-state index in [2.05, 4.69) is 18.7 Å². The second-order valence-corrected chi connectivity index (χ2v) is 6.04. The molecule has 0 spiro atoms. The van der Waals surface area contributed by atoms with Crippen molar-refractivity contribution in [2.24, 2.45) is 11.8 Å². The molecule has 5 nitrogen and oxygen atoms in total. The number of rotatable bonds is 7. The Labute approximate surface area is 131 Å². The average Bonchev–Trinajstić information content (AvgIpc) is 2.97. The Morgan fingerprint density at radius 3 is 2.59 bits per heavy atom. The quantitative estimate of drug-likeness (QED) is 0.839. The van der Waals surface area contributed by atoms with Gasteiger partial charge >= 0.3 is 5.97 Å². The van der Waals surface area contributed by atoms with Crippen LogP contribution in [0.2, 0.25) is 0 Å². The standard InChI is InChI=1S/C17H25NO4/c1-12(2)18-9-8-13(10-18)14(17(19)20)11-22-16-7-5-4-6-15(16)21-3/h4-7,12-14H,8-11H2,1-3H3,(H,19,20). The van der Waals surface area contributed by atoms with Crippen LogP contribution in [0.3, 0.4) is 0 Å². The predicted octanol–water partition coefficient (Wildman–Crippen LogP) is 2.51. The van der Waals surface area contributed by atoms with E-state index < -0.39 is 11.9 Å². The van der Waals surface area contributed by atoms with E-state index >= 15 is 0 Å². The highest BCUT2D eigenvalue weighted by molar-refractivity contribution is 5.70. The second kappa shape index (κ2) is 7.49. The highest BCUT2D eigenvalue weighted by atomic mass is 16.5. The summed E-state index contributed by atoms with van der Waals surface area (Å²) in [6, 6.07) is 7.77. The molecule has 1 aromatic carbocycles. The van der Waals surface area contributed by atoms with Crippen LogP contribution < -0.4 is 9.47 Å². The summed E-state index contributed by atoms with van der Waals surface area (Å²) in [7, 11) is 1.58. The summed E-state index contributed by atoms with van der Waals surface area (Å²) in [6.45, 7) is 6.24. The van der Waals surface area contributed by atoms with Crippen molar-refractivity contribution >= 4 is 5.97 Å². The van der Waals surface area contributed by atoms with Crippen molar-refractivity contribution in [1.29, 1.82) is 0 Å². The smallest absolute Gasteiger partial charge is 0.310 e. The molecule has 0 bridgehead atoms. The van der Waals surface area contributed by atoms with E-state index in [0.717, 1.165) is 19.5 Å². The Morgan fingerprint density at radius 1 is 1.36 bits per heavy atom. The number of carboxylic acids is 1. The van der Waals surface area contributed by atoms with Crippen molar-refractivity contribution in [3.05, 3.63) is 24.3 Å². The van der Waals surface area contributed by atoms with Gasteiger partial charge in [-0.2, -0.15) is 0 Å². The fraction of sp³-hybridized carbons (Fsp3) is 0.588. The number of likely N-dealkylation sites (tertiary alicyclic amines) is 1. The van der Waals surface area contributed by atoms with Gasteiger partial charge in [0.1, 0.15) is 6.61 Å². The van der Waals surface area contributed by atoms with Gasteiger partial charge in [0.05, 0.1) is 13.0 Å². The number of methoxy groups -OCH3 is 1. The van der Waals surface area contributed by atoms with Crippen LogP contribution in [0, 0.1) is 11.8 Å². The number of hydrogen-bond acceptors (Lipinski definition) is 4. The van der Waals surface area contributed by atoms with Crippen molar-refractivity contribution in [2.45, 2.75) is 26.3 Å². The van der Waals surface area contributed by atoms with Crippen LogP contribution in [-0.2, 0) is 4.79 Å². The molecule has 122 valence electrons. The largest absolute Gasteiger partial charge is 0.493 e. The van der Waals surface area contributed by atoms with Gasteiger partial charge < -0.3 is 19.5 Å². The average molecular weight is 307 g/mol. The van der Waals surface area contributed by atoms with E-state index in [1.54, 1.807) is 19.2 Å².